The average Bonchev–Trinajstić information content (AvgIpc) is 3.21. The third-order valence-electron chi connectivity index (χ3n) is 8.49. The molecule has 0 amide bonds. The van der Waals surface area contributed by atoms with Gasteiger partial charge in [-0.2, -0.15) is 0 Å². The molecule has 0 saturated heterocycles. The van der Waals surface area contributed by atoms with Crippen LogP contribution in [0.1, 0.15) is 162 Å². The van der Waals surface area contributed by atoms with Gasteiger partial charge >= 0.3 is 17.9 Å². The van der Waals surface area contributed by atoms with Gasteiger partial charge in [0.15, 0.2) is 6.10 Å². The first-order valence-corrected chi connectivity index (χ1v) is 22.0. The minimum atomic E-state index is -0.854. The Kier molecular flexibility index (Phi) is 41.3. The van der Waals surface area contributed by atoms with Crippen LogP contribution in [0.25, 0.3) is 0 Å². The first-order valence-electron chi connectivity index (χ1n) is 22.0. The highest BCUT2D eigenvalue weighted by Crippen LogP contribution is 2.10. The number of hydrogen-bond acceptors (Lipinski definition) is 6. The van der Waals surface area contributed by atoms with Crippen molar-refractivity contribution in [1.82, 2.24) is 0 Å². The second-order valence-electron chi connectivity index (χ2n) is 13.9. The fraction of sp³-hybridized carbons (Fsp3) is 0.549. The van der Waals surface area contributed by atoms with Gasteiger partial charge in [-0.3, -0.25) is 14.4 Å². The minimum absolute atomic E-state index is 0.0805. The average molecular weight is 787 g/mol. The van der Waals surface area contributed by atoms with E-state index in [1.165, 1.54) is 25.7 Å². The Balaban J connectivity index is 4.58. The molecule has 0 fully saturated rings. The van der Waals surface area contributed by atoms with Crippen LogP contribution in [0.5, 0.6) is 0 Å². The largest absolute Gasteiger partial charge is 0.462 e. The molecule has 6 heteroatoms. The van der Waals surface area contributed by atoms with Gasteiger partial charge in [-0.05, 0) is 83.5 Å². The van der Waals surface area contributed by atoms with Crippen molar-refractivity contribution >= 4 is 17.9 Å². The number of ether oxygens (including phenoxy) is 3. The van der Waals surface area contributed by atoms with E-state index in [-0.39, 0.29) is 38.0 Å². The van der Waals surface area contributed by atoms with E-state index in [4.69, 9.17) is 14.2 Å². The van der Waals surface area contributed by atoms with Crippen LogP contribution in [-0.2, 0) is 28.6 Å². The molecular formula is C51H78O6. The number of carbonyl (C=O) groups excluding carboxylic acids is 3. The van der Waals surface area contributed by atoms with Gasteiger partial charge in [-0.25, -0.2) is 0 Å². The van der Waals surface area contributed by atoms with E-state index in [2.05, 4.69) is 130 Å². The number of hydrogen-bond donors (Lipinski definition) is 0. The standard InChI is InChI=1S/C51H78O6/c1-4-7-10-13-16-18-20-22-24-25-27-28-30-32-35-38-41-44-50(53)56-47-48(46-55-49(52)43-40-37-34-15-12-9-6-3)57-51(54)45-42-39-36-33-31-29-26-23-21-19-17-14-11-8-5-2/h7-8,10-11,16-19,22-24,26-28,31-33,35,39,42,48H,4-6,9,12-15,20-21,25,29-30,34,36-38,40-41,43-47H2,1-3H3/b10-7-,11-8-,18-16-,19-17-,24-22-,26-23-,28-27-,33-31-,35-32-,42-39-. The molecule has 0 aliphatic carbocycles. The second kappa shape index (κ2) is 44.5. The van der Waals surface area contributed by atoms with E-state index in [1.54, 1.807) is 6.08 Å². The zero-order valence-corrected chi connectivity index (χ0v) is 36.0. The van der Waals surface area contributed by atoms with Gasteiger partial charge in [0, 0.05) is 12.8 Å². The van der Waals surface area contributed by atoms with Crippen LogP contribution in [-0.4, -0.2) is 37.2 Å². The zero-order chi connectivity index (χ0) is 41.5. The molecule has 0 radical (unpaired) electrons. The third-order valence-corrected chi connectivity index (χ3v) is 8.49. The Bertz CT molecular complexity index is 1270. The summed E-state index contributed by atoms with van der Waals surface area (Å²) < 4.78 is 16.5. The van der Waals surface area contributed by atoms with Crippen molar-refractivity contribution in [3.05, 3.63) is 122 Å². The Morgan fingerprint density at radius 2 is 0.737 bits per heavy atom. The van der Waals surface area contributed by atoms with Gasteiger partial charge < -0.3 is 14.2 Å². The highest BCUT2D eigenvalue weighted by molar-refractivity contribution is 5.72. The van der Waals surface area contributed by atoms with E-state index in [0.29, 0.717) is 19.3 Å². The predicted octanol–water partition coefficient (Wildman–Crippen LogP) is 14.2. The first kappa shape index (κ1) is 52.8. The zero-order valence-electron chi connectivity index (χ0n) is 36.0. The molecule has 0 aromatic heterocycles. The monoisotopic (exact) mass is 787 g/mol. The van der Waals surface area contributed by atoms with Crippen molar-refractivity contribution in [2.24, 2.45) is 0 Å². The van der Waals surface area contributed by atoms with Crippen molar-refractivity contribution in [3.8, 4) is 0 Å². The van der Waals surface area contributed by atoms with Crippen molar-refractivity contribution in [2.75, 3.05) is 13.2 Å². The van der Waals surface area contributed by atoms with Gasteiger partial charge in [-0.15, -0.1) is 0 Å². The molecule has 0 bridgehead atoms. The van der Waals surface area contributed by atoms with Crippen LogP contribution in [0.15, 0.2) is 122 Å². The molecule has 0 aliphatic rings. The Hall–Kier alpha value is -4.19. The topological polar surface area (TPSA) is 78.9 Å². The second-order valence-corrected chi connectivity index (χ2v) is 13.9. The van der Waals surface area contributed by atoms with Crippen molar-refractivity contribution < 1.29 is 28.6 Å². The summed E-state index contributed by atoms with van der Waals surface area (Å²) in [6.07, 6.45) is 60.8. The van der Waals surface area contributed by atoms with Crippen molar-refractivity contribution in [3.63, 3.8) is 0 Å². The molecule has 1 unspecified atom stereocenters. The summed E-state index contributed by atoms with van der Waals surface area (Å²) in [7, 11) is 0. The highest BCUT2D eigenvalue weighted by Gasteiger charge is 2.19. The molecule has 0 rings (SSSR count). The van der Waals surface area contributed by atoms with Crippen LogP contribution in [0, 0.1) is 0 Å². The SMILES string of the molecule is CC/C=C\C/C=C\C/C=C\C/C=C\C/C=C\CCCC(=O)OCC(COC(=O)CCCCCCCCC)OC(=O)C/C=C\C/C=C\C/C=C\C/C=C\C/C=C\CC. The normalized spacial score (nSPS) is 13.2. The van der Waals surface area contributed by atoms with Gasteiger partial charge in [-0.1, -0.05) is 181 Å². The van der Waals surface area contributed by atoms with Gasteiger partial charge in [0.05, 0.1) is 6.42 Å². The molecule has 0 aromatic rings. The molecule has 6 nitrogen and oxygen atoms in total. The number of unbranched alkanes of at least 4 members (excludes halogenated alkanes) is 7. The van der Waals surface area contributed by atoms with Crippen molar-refractivity contribution in [1.29, 1.82) is 0 Å². The minimum Gasteiger partial charge on any atom is -0.462 e. The first-order chi connectivity index (χ1) is 28.0. The lowest BCUT2D eigenvalue weighted by molar-refractivity contribution is -0.166. The Morgan fingerprint density at radius 3 is 1.16 bits per heavy atom. The molecule has 0 aromatic carbocycles. The van der Waals surface area contributed by atoms with Crippen LogP contribution in [0.4, 0.5) is 0 Å². The lowest BCUT2D eigenvalue weighted by Crippen LogP contribution is -2.30. The molecule has 0 N–H and O–H groups in total. The maximum Gasteiger partial charge on any atom is 0.310 e. The molecule has 0 spiro atoms. The highest BCUT2D eigenvalue weighted by atomic mass is 16.6. The van der Waals surface area contributed by atoms with Gasteiger partial charge in [0.2, 0.25) is 0 Å². The summed E-state index contributed by atoms with van der Waals surface area (Å²) in [5.41, 5.74) is 0. The molecular weight excluding hydrogens is 709 g/mol. The quantitative estimate of drug-likeness (QED) is 0.0270. The van der Waals surface area contributed by atoms with Crippen LogP contribution in [0.2, 0.25) is 0 Å². The van der Waals surface area contributed by atoms with E-state index >= 15 is 0 Å². The Morgan fingerprint density at radius 1 is 0.386 bits per heavy atom. The molecule has 0 saturated carbocycles. The maximum atomic E-state index is 12.6. The van der Waals surface area contributed by atoms with E-state index in [1.807, 2.05) is 6.08 Å². The fourth-order valence-electron chi connectivity index (χ4n) is 5.26. The van der Waals surface area contributed by atoms with E-state index in [9.17, 15) is 14.4 Å². The number of esters is 3. The molecule has 0 heterocycles. The summed E-state index contributed by atoms with van der Waals surface area (Å²) in [6.45, 7) is 6.18. The fourth-order valence-corrected chi connectivity index (χ4v) is 5.26. The van der Waals surface area contributed by atoms with Gasteiger partial charge in [0.1, 0.15) is 13.2 Å². The smallest absolute Gasteiger partial charge is 0.310 e. The lowest BCUT2D eigenvalue weighted by atomic mass is 10.1. The van der Waals surface area contributed by atoms with Crippen LogP contribution >= 0.6 is 0 Å². The van der Waals surface area contributed by atoms with E-state index < -0.39 is 12.1 Å². The van der Waals surface area contributed by atoms with Crippen LogP contribution < -0.4 is 0 Å². The predicted molar refractivity (Wildman–Crippen MR) is 242 cm³/mol. The van der Waals surface area contributed by atoms with E-state index in [0.717, 1.165) is 83.5 Å². The summed E-state index contributed by atoms with van der Waals surface area (Å²) >= 11 is 0. The number of allylic oxidation sites excluding steroid dienone is 19. The van der Waals surface area contributed by atoms with Gasteiger partial charge in [0.25, 0.3) is 0 Å². The summed E-state index contributed by atoms with van der Waals surface area (Å²) in [6, 6.07) is 0. The summed E-state index contributed by atoms with van der Waals surface area (Å²) in [5.74, 6) is -1.15. The number of carbonyl (C=O) groups is 3. The summed E-state index contributed by atoms with van der Waals surface area (Å²) in [5, 5.41) is 0. The van der Waals surface area contributed by atoms with Crippen LogP contribution in [0.3, 0.4) is 0 Å². The molecule has 1 atom stereocenters. The maximum absolute atomic E-state index is 12.6. The summed E-state index contributed by atoms with van der Waals surface area (Å²) in [4.78, 5) is 37.5. The Labute approximate surface area is 348 Å². The number of rotatable bonds is 37. The van der Waals surface area contributed by atoms with Crippen molar-refractivity contribution in [2.45, 2.75) is 168 Å². The lowest BCUT2D eigenvalue weighted by Gasteiger charge is -2.18. The third kappa shape index (κ3) is 42.8. The molecule has 57 heavy (non-hydrogen) atoms. The molecule has 318 valence electrons. The molecule has 0 aliphatic heterocycles.